The van der Waals surface area contributed by atoms with Crippen LogP contribution in [0, 0.1) is 0 Å². The van der Waals surface area contributed by atoms with Crippen molar-refractivity contribution >= 4 is 21.6 Å². The van der Waals surface area contributed by atoms with E-state index in [0.717, 1.165) is 11.3 Å². The van der Waals surface area contributed by atoms with Crippen LogP contribution >= 0.6 is 0 Å². The van der Waals surface area contributed by atoms with Gasteiger partial charge in [-0.05, 0) is 49.2 Å². The van der Waals surface area contributed by atoms with Gasteiger partial charge in [-0.15, -0.1) is 0 Å². The molecule has 0 fully saturated rings. The van der Waals surface area contributed by atoms with Gasteiger partial charge in [0.15, 0.2) is 0 Å². The van der Waals surface area contributed by atoms with Crippen LogP contribution in [0.25, 0.3) is 0 Å². The Kier molecular flexibility index (Phi) is 5.41. The average molecular weight is 388 g/mol. The van der Waals surface area contributed by atoms with Crippen molar-refractivity contribution in [3.8, 4) is 5.75 Å². The Morgan fingerprint density at radius 2 is 1.93 bits per heavy atom. The van der Waals surface area contributed by atoms with Crippen molar-refractivity contribution in [2.75, 3.05) is 30.8 Å². The summed E-state index contributed by atoms with van der Waals surface area (Å²) in [6.07, 6.45) is 1.81. The second-order valence-electron chi connectivity index (χ2n) is 6.84. The molecule has 0 aliphatic carbocycles. The lowest BCUT2D eigenvalue weighted by Crippen LogP contribution is -2.34. The molecule has 0 saturated heterocycles. The van der Waals surface area contributed by atoms with Crippen LogP contribution < -0.4 is 9.04 Å². The number of ether oxygens (including phenoxy) is 1. The second-order valence-corrected chi connectivity index (χ2v) is 8.70. The first-order chi connectivity index (χ1) is 12.8. The van der Waals surface area contributed by atoms with Gasteiger partial charge in [0.25, 0.3) is 5.91 Å². The van der Waals surface area contributed by atoms with E-state index in [9.17, 15) is 13.2 Å². The third-order valence-electron chi connectivity index (χ3n) is 4.62. The van der Waals surface area contributed by atoms with Crippen molar-refractivity contribution in [2.45, 2.75) is 19.4 Å². The molecule has 0 bridgehead atoms. The molecule has 0 aromatic heterocycles. The van der Waals surface area contributed by atoms with Crippen molar-refractivity contribution in [2.24, 2.45) is 0 Å². The van der Waals surface area contributed by atoms with E-state index in [1.165, 1.54) is 10.6 Å². The molecule has 1 aliphatic heterocycles. The molecule has 0 radical (unpaired) electrons. The fourth-order valence-corrected chi connectivity index (χ4v) is 4.64. The molecular formula is C20H24N2O4S. The van der Waals surface area contributed by atoms with Crippen molar-refractivity contribution in [1.29, 1.82) is 0 Å². The number of benzene rings is 2. The average Bonchev–Trinajstić information content (AvgIpc) is 2.96. The smallest absolute Gasteiger partial charge is 0.253 e. The second kappa shape index (κ2) is 7.60. The summed E-state index contributed by atoms with van der Waals surface area (Å²) in [6.45, 7) is 2.72. The molecule has 1 aliphatic rings. The molecule has 2 aromatic carbocycles. The largest absolute Gasteiger partial charge is 0.492 e. The predicted molar refractivity (Wildman–Crippen MR) is 106 cm³/mol. The monoisotopic (exact) mass is 388 g/mol. The summed E-state index contributed by atoms with van der Waals surface area (Å²) < 4.78 is 31.1. The van der Waals surface area contributed by atoms with Crippen LogP contribution in [0.1, 0.15) is 22.8 Å². The highest BCUT2D eigenvalue weighted by Gasteiger charge is 2.32. The zero-order valence-corrected chi connectivity index (χ0v) is 16.6. The Morgan fingerprint density at radius 3 is 2.59 bits per heavy atom. The minimum absolute atomic E-state index is 0.111. The van der Waals surface area contributed by atoms with Gasteiger partial charge in [0.1, 0.15) is 12.4 Å². The van der Waals surface area contributed by atoms with E-state index in [0.29, 0.717) is 30.8 Å². The number of hydrogen-bond donors (Lipinski definition) is 0. The van der Waals surface area contributed by atoms with Crippen LogP contribution in [0.5, 0.6) is 5.75 Å². The topological polar surface area (TPSA) is 66.9 Å². The number of rotatable bonds is 6. The molecule has 1 atom stereocenters. The third-order valence-corrected chi connectivity index (χ3v) is 5.89. The van der Waals surface area contributed by atoms with Crippen molar-refractivity contribution in [3.63, 3.8) is 0 Å². The number of sulfonamides is 1. The number of likely N-dealkylation sites (N-methyl/N-ethyl adjacent to an activating group) is 1. The van der Waals surface area contributed by atoms with Crippen LogP contribution in [0.2, 0.25) is 0 Å². The number of nitrogens with zero attached hydrogens (tertiary/aromatic N) is 2. The van der Waals surface area contributed by atoms with Gasteiger partial charge < -0.3 is 9.64 Å². The van der Waals surface area contributed by atoms with Crippen LogP contribution in [0.3, 0.4) is 0 Å². The minimum atomic E-state index is -3.33. The molecule has 7 heteroatoms. The lowest BCUT2D eigenvalue weighted by Gasteiger charge is -2.22. The summed E-state index contributed by atoms with van der Waals surface area (Å²) in [7, 11) is -1.60. The first-order valence-electron chi connectivity index (χ1n) is 8.83. The molecule has 1 unspecified atom stereocenters. The van der Waals surface area contributed by atoms with E-state index in [4.69, 9.17) is 4.74 Å². The number of carbonyl (C=O) groups is 1. The Bertz CT molecular complexity index is 928. The number of amides is 1. The molecule has 0 spiro atoms. The molecule has 3 rings (SSSR count). The maximum Gasteiger partial charge on any atom is 0.253 e. The molecule has 0 saturated carbocycles. The summed E-state index contributed by atoms with van der Waals surface area (Å²) in [6, 6.07) is 14.5. The van der Waals surface area contributed by atoms with Crippen LogP contribution in [-0.4, -0.2) is 51.7 Å². The summed E-state index contributed by atoms with van der Waals surface area (Å²) in [5, 5.41) is 0. The first kappa shape index (κ1) is 19.2. The van der Waals surface area contributed by atoms with Gasteiger partial charge >= 0.3 is 0 Å². The number of carbonyl (C=O) groups excluding carboxylic acids is 1. The normalized spacial score (nSPS) is 16.1. The standard InChI is InChI=1S/C20H24N2O4S/c1-15-13-17-14-16(9-10-19(17)22(15)27(3,24)25)20(23)21(2)11-12-26-18-7-5-4-6-8-18/h4-10,14-15H,11-13H2,1-3H3. The molecule has 1 heterocycles. The summed E-state index contributed by atoms with van der Waals surface area (Å²) in [4.78, 5) is 14.3. The fraction of sp³-hybridized carbons (Fsp3) is 0.350. The van der Waals surface area contributed by atoms with Crippen molar-refractivity contribution in [1.82, 2.24) is 4.90 Å². The highest BCUT2D eigenvalue weighted by molar-refractivity contribution is 7.92. The van der Waals surface area contributed by atoms with Gasteiger partial charge in [-0.1, -0.05) is 18.2 Å². The molecule has 6 nitrogen and oxygen atoms in total. The highest BCUT2D eigenvalue weighted by atomic mass is 32.2. The Balaban J connectivity index is 1.66. The lowest BCUT2D eigenvalue weighted by atomic mass is 10.1. The van der Waals surface area contributed by atoms with E-state index >= 15 is 0 Å². The zero-order valence-electron chi connectivity index (χ0n) is 15.8. The van der Waals surface area contributed by atoms with Crippen LogP contribution in [0.4, 0.5) is 5.69 Å². The van der Waals surface area contributed by atoms with Gasteiger partial charge in [-0.25, -0.2) is 8.42 Å². The zero-order chi connectivity index (χ0) is 19.6. The molecule has 1 amide bonds. The summed E-state index contributed by atoms with van der Waals surface area (Å²) in [5.74, 6) is 0.658. The third kappa shape index (κ3) is 4.24. The van der Waals surface area contributed by atoms with Crippen molar-refractivity contribution in [3.05, 3.63) is 59.7 Å². The fourth-order valence-electron chi connectivity index (χ4n) is 3.38. The van der Waals surface area contributed by atoms with Gasteiger partial charge in [-0.3, -0.25) is 9.10 Å². The van der Waals surface area contributed by atoms with E-state index in [-0.39, 0.29) is 11.9 Å². The molecule has 144 valence electrons. The maximum atomic E-state index is 12.7. The van der Waals surface area contributed by atoms with E-state index in [1.54, 1.807) is 30.1 Å². The lowest BCUT2D eigenvalue weighted by molar-refractivity contribution is 0.0773. The Hall–Kier alpha value is -2.54. The van der Waals surface area contributed by atoms with E-state index in [1.807, 2.05) is 37.3 Å². The quantitative estimate of drug-likeness (QED) is 0.763. The van der Waals surface area contributed by atoms with Gasteiger partial charge in [0.2, 0.25) is 10.0 Å². The van der Waals surface area contributed by atoms with Crippen molar-refractivity contribution < 1.29 is 17.9 Å². The Morgan fingerprint density at radius 1 is 1.22 bits per heavy atom. The van der Waals surface area contributed by atoms with E-state index < -0.39 is 10.0 Å². The SMILES string of the molecule is CC1Cc2cc(C(=O)N(C)CCOc3ccccc3)ccc2N1S(C)(=O)=O. The van der Waals surface area contributed by atoms with Gasteiger partial charge in [0.05, 0.1) is 18.5 Å². The van der Waals surface area contributed by atoms with Crippen LogP contribution in [-0.2, 0) is 16.4 Å². The first-order valence-corrected chi connectivity index (χ1v) is 10.7. The van der Waals surface area contributed by atoms with Crippen LogP contribution in [0.15, 0.2) is 48.5 Å². The number of fused-ring (bicyclic) bond motifs is 1. The maximum absolute atomic E-state index is 12.7. The summed E-state index contributed by atoms with van der Waals surface area (Å²) in [5.41, 5.74) is 2.10. The molecule has 0 N–H and O–H groups in total. The number of hydrogen-bond acceptors (Lipinski definition) is 4. The van der Waals surface area contributed by atoms with Gasteiger partial charge in [-0.2, -0.15) is 0 Å². The van der Waals surface area contributed by atoms with Gasteiger partial charge in [0, 0.05) is 18.7 Å². The van der Waals surface area contributed by atoms with E-state index in [2.05, 4.69) is 0 Å². The molecular weight excluding hydrogens is 364 g/mol. The number of para-hydroxylation sites is 1. The summed E-state index contributed by atoms with van der Waals surface area (Å²) >= 11 is 0. The highest BCUT2D eigenvalue weighted by Crippen LogP contribution is 2.34. The minimum Gasteiger partial charge on any atom is -0.492 e. The Labute approximate surface area is 160 Å². The predicted octanol–water partition coefficient (Wildman–Crippen LogP) is 2.55. The molecule has 27 heavy (non-hydrogen) atoms. The molecule has 2 aromatic rings. The number of anilines is 1.